The lowest BCUT2D eigenvalue weighted by Gasteiger charge is -2.42. The maximum atomic E-state index is 12.2. The van der Waals surface area contributed by atoms with Crippen molar-refractivity contribution < 1.29 is 24.2 Å². The van der Waals surface area contributed by atoms with Crippen molar-refractivity contribution in [3.63, 3.8) is 0 Å². The highest BCUT2D eigenvalue weighted by atomic mass is 16.5. The van der Waals surface area contributed by atoms with Crippen molar-refractivity contribution in [2.75, 3.05) is 20.2 Å². The summed E-state index contributed by atoms with van der Waals surface area (Å²) >= 11 is 0. The van der Waals surface area contributed by atoms with Gasteiger partial charge in [-0.15, -0.1) is 0 Å². The number of carboxylic acid groups (broad SMARTS) is 1. The predicted molar refractivity (Wildman–Crippen MR) is 92.9 cm³/mol. The van der Waals surface area contributed by atoms with Crippen molar-refractivity contribution >= 4 is 11.9 Å². The van der Waals surface area contributed by atoms with Crippen LogP contribution in [0.2, 0.25) is 0 Å². The van der Waals surface area contributed by atoms with Crippen LogP contribution in [0, 0.1) is 0 Å². The van der Waals surface area contributed by atoms with Gasteiger partial charge in [0.15, 0.2) is 6.10 Å². The van der Waals surface area contributed by atoms with Crippen LogP contribution in [-0.2, 0) is 9.59 Å². The molecule has 1 saturated carbocycles. The van der Waals surface area contributed by atoms with Crippen molar-refractivity contribution in [1.29, 1.82) is 0 Å². The second-order valence-electron chi connectivity index (χ2n) is 6.22. The van der Waals surface area contributed by atoms with Crippen LogP contribution >= 0.6 is 0 Å². The second kappa shape index (κ2) is 8.71. The van der Waals surface area contributed by atoms with Gasteiger partial charge in [0, 0.05) is 12.1 Å². The Labute approximate surface area is 147 Å². The Balaban J connectivity index is 1.75. The first-order valence-corrected chi connectivity index (χ1v) is 8.49. The van der Waals surface area contributed by atoms with Crippen LogP contribution < -0.4 is 14.8 Å². The van der Waals surface area contributed by atoms with Gasteiger partial charge < -0.3 is 19.9 Å². The Kier molecular flexibility index (Phi) is 6.64. The van der Waals surface area contributed by atoms with E-state index in [2.05, 4.69) is 5.32 Å². The number of hydrogen-bond acceptors (Lipinski definition) is 5. The SMILES string of the molecule is CCN(CC(=O)O)C1CC(NC(=O)C(C)Oc2ccc(OC)cc2)C1. The molecule has 1 unspecified atom stereocenters. The zero-order valence-corrected chi connectivity index (χ0v) is 14.9. The average Bonchev–Trinajstić information content (AvgIpc) is 2.56. The van der Waals surface area contributed by atoms with Gasteiger partial charge in [-0.1, -0.05) is 6.92 Å². The number of rotatable bonds is 9. The summed E-state index contributed by atoms with van der Waals surface area (Å²) in [5.41, 5.74) is 0. The summed E-state index contributed by atoms with van der Waals surface area (Å²) in [5, 5.41) is 11.9. The number of hydrogen-bond donors (Lipinski definition) is 2. The Morgan fingerprint density at radius 2 is 1.88 bits per heavy atom. The summed E-state index contributed by atoms with van der Waals surface area (Å²) in [5.74, 6) is 0.344. The maximum Gasteiger partial charge on any atom is 0.317 e. The number of aliphatic carboxylic acids is 1. The number of ether oxygens (including phenoxy) is 2. The molecule has 25 heavy (non-hydrogen) atoms. The summed E-state index contributed by atoms with van der Waals surface area (Å²) in [7, 11) is 1.59. The molecule has 1 fully saturated rings. The summed E-state index contributed by atoms with van der Waals surface area (Å²) in [6, 6.07) is 7.35. The van der Waals surface area contributed by atoms with E-state index in [1.807, 2.05) is 11.8 Å². The Bertz CT molecular complexity index is 584. The second-order valence-corrected chi connectivity index (χ2v) is 6.22. The molecular formula is C18H26N2O5. The molecule has 0 saturated heterocycles. The molecule has 1 amide bonds. The monoisotopic (exact) mass is 350 g/mol. The highest BCUT2D eigenvalue weighted by molar-refractivity contribution is 5.81. The van der Waals surface area contributed by atoms with Gasteiger partial charge in [0.25, 0.3) is 5.91 Å². The minimum Gasteiger partial charge on any atom is -0.497 e. The number of carboxylic acids is 1. The number of carbonyl (C=O) groups excluding carboxylic acids is 1. The molecule has 1 aliphatic carbocycles. The molecule has 0 radical (unpaired) electrons. The van der Waals surface area contributed by atoms with E-state index in [1.165, 1.54) is 0 Å². The standard InChI is InChI=1S/C18H26N2O5/c1-4-20(11-17(21)22)14-9-13(10-14)19-18(23)12(2)25-16-7-5-15(24-3)6-8-16/h5-8,12-14H,4,9-11H2,1-3H3,(H,19,23)(H,21,22). The van der Waals surface area contributed by atoms with Crippen LogP contribution in [-0.4, -0.2) is 60.3 Å². The first-order valence-electron chi connectivity index (χ1n) is 8.49. The summed E-state index contributed by atoms with van der Waals surface area (Å²) in [6.07, 6.45) is 0.929. The number of amides is 1. The number of nitrogens with one attached hydrogen (secondary N) is 1. The van der Waals surface area contributed by atoms with Crippen LogP contribution in [0.4, 0.5) is 0 Å². The lowest BCUT2D eigenvalue weighted by Crippen LogP contribution is -2.56. The molecule has 2 rings (SSSR count). The minimum atomic E-state index is -0.823. The van der Waals surface area contributed by atoms with Crippen LogP contribution in [0.5, 0.6) is 11.5 Å². The third-order valence-electron chi connectivity index (χ3n) is 4.46. The molecule has 0 bridgehead atoms. The molecule has 0 aromatic heterocycles. The highest BCUT2D eigenvalue weighted by Crippen LogP contribution is 2.26. The van der Waals surface area contributed by atoms with Crippen molar-refractivity contribution in [3.8, 4) is 11.5 Å². The molecule has 1 aromatic carbocycles. The van der Waals surface area contributed by atoms with E-state index in [1.54, 1.807) is 38.3 Å². The largest absolute Gasteiger partial charge is 0.497 e. The van der Waals surface area contributed by atoms with E-state index >= 15 is 0 Å². The Morgan fingerprint density at radius 3 is 2.40 bits per heavy atom. The smallest absolute Gasteiger partial charge is 0.317 e. The Morgan fingerprint density at radius 1 is 1.28 bits per heavy atom. The summed E-state index contributed by atoms with van der Waals surface area (Å²) in [6.45, 7) is 4.38. The number of benzene rings is 1. The molecule has 0 aliphatic heterocycles. The lowest BCUT2D eigenvalue weighted by atomic mass is 9.85. The van der Waals surface area contributed by atoms with Gasteiger partial charge in [-0.05, 0) is 50.6 Å². The molecule has 138 valence electrons. The average molecular weight is 350 g/mol. The van der Waals surface area contributed by atoms with Crippen LogP contribution in [0.1, 0.15) is 26.7 Å². The van der Waals surface area contributed by atoms with Crippen molar-refractivity contribution in [1.82, 2.24) is 10.2 Å². The lowest BCUT2D eigenvalue weighted by molar-refractivity contribution is -0.140. The normalized spacial score (nSPS) is 20.5. The van der Waals surface area contributed by atoms with Crippen LogP contribution in [0.25, 0.3) is 0 Å². The maximum absolute atomic E-state index is 12.2. The van der Waals surface area contributed by atoms with E-state index in [4.69, 9.17) is 14.6 Å². The third-order valence-corrected chi connectivity index (χ3v) is 4.46. The van der Waals surface area contributed by atoms with Crippen LogP contribution in [0.3, 0.4) is 0 Å². The molecular weight excluding hydrogens is 324 g/mol. The van der Waals surface area contributed by atoms with Crippen molar-refractivity contribution in [3.05, 3.63) is 24.3 Å². The molecule has 0 spiro atoms. The first kappa shape index (κ1) is 19.1. The summed E-state index contributed by atoms with van der Waals surface area (Å²) in [4.78, 5) is 25.0. The number of nitrogens with zero attached hydrogens (tertiary/aromatic N) is 1. The predicted octanol–water partition coefficient (Wildman–Crippen LogP) is 1.52. The van der Waals surface area contributed by atoms with Crippen LogP contribution in [0.15, 0.2) is 24.3 Å². The van der Waals surface area contributed by atoms with E-state index in [9.17, 15) is 9.59 Å². The van der Waals surface area contributed by atoms with E-state index in [0.29, 0.717) is 12.3 Å². The summed E-state index contributed by atoms with van der Waals surface area (Å²) < 4.78 is 10.7. The molecule has 7 heteroatoms. The molecule has 1 atom stereocenters. The molecule has 0 heterocycles. The minimum absolute atomic E-state index is 0.0405. The van der Waals surface area contributed by atoms with E-state index in [0.717, 1.165) is 18.6 Å². The fourth-order valence-electron chi connectivity index (χ4n) is 2.91. The van der Waals surface area contributed by atoms with Gasteiger partial charge in [-0.2, -0.15) is 0 Å². The van der Waals surface area contributed by atoms with Gasteiger partial charge in [0.05, 0.1) is 13.7 Å². The molecule has 7 nitrogen and oxygen atoms in total. The fourth-order valence-corrected chi connectivity index (χ4v) is 2.91. The van der Waals surface area contributed by atoms with E-state index < -0.39 is 12.1 Å². The highest BCUT2D eigenvalue weighted by Gasteiger charge is 2.35. The van der Waals surface area contributed by atoms with Gasteiger partial charge in [-0.3, -0.25) is 14.5 Å². The number of methoxy groups -OCH3 is 1. The zero-order valence-electron chi connectivity index (χ0n) is 14.9. The number of carbonyl (C=O) groups is 2. The topological polar surface area (TPSA) is 88.1 Å². The molecule has 1 aliphatic rings. The van der Waals surface area contributed by atoms with Gasteiger partial charge in [-0.25, -0.2) is 0 Å². The third kappa shape index (κ3) is 5.35. The quantitative estimate of drug-likeness (QED) is 0.702. The number of likely N-dealkylation sites (N-methyl/N-ethyl adjacent to an activating group) is 1. The molecule has 2 N–H and O–H groups in total. The van der Waals surface area contributed by atoms with Gasteiger partial charge >= 0.3 is 5.97 Å². The van der Waals surface area contributed by atoms with Crippen molar-refractivity contribution in [2.24, 2.45) is 0 Å². The van der Waals surface area contributed by atoms with Crippen molar-refractivity contribution in [2.45, 2.75) is 44.9 Å². The van der Waals surface area contributed by atoms with E-state index in [-0.39, 0.29) is 24.5 Å². The first-order chi connectivity index (χ1) is 11.9. The zero-order chi connectivity index (χ0) is 18.4. The van der Waals surface area contributed by atoms with Gasteiger partial charge in [0.1, 0.15) is 11.5 Å². The van der Waals surface area contributed by atoms with Gasteiger partial charge in [0.2, 0.25) is 0 Å². The molecule has 1 aromatic rings. The fraction of sp³-hybridized carbons (Fsp3) is 0.556. The Hall–Kier alpha value is -2.28.